The summed E-state index contributed by atoms with van der Waals surface area (Å²) < 4.78 is 10.5. The van der Waals surface area contributed by atoms with Crippen molar-refractivity contribution >= 4 is 5.91 Å². The minimum absolute atomic E-state index is 0.124. The molecule has 0 bridgehead atoms. The minimum Gasteiger partial charge on any atom is -0.469 e. The van der Waals surface area contributed by atoms with E-state index in [1.165, 1.54) is 0 Å². The van der Waals surface area contributed by atoms with Crippen molar-refractivity contribution < 1.29 is 13.7 Å². The van der Waals surface area contributed by atoms with Gasteiger partial charge in [0.1, 0.15) is 5.76 Å². The van der Waals surface area contributed by atoms with Crippen molar-refractivity contribution in [2.75, 3.05) is 7.05 Å². The Morgan fingerprint density at radius 3 is 3.17 bits per heavy atom. The van der Waals surface area contributed by atoms with Crippen LogP contribution >= 0.6 is 0 Å². The van der Waals surface area contributed by atoms with Gasteiger partial charge in [-0.15, -0.1) is 0 Å². The summed E-state index contributed by atoms with van der Waals surface area (Å²) in [5, 5.41) is 6.33. The summed E-state index contributed by atoms with van der Waals surface area (Å²) in [7, 11) is 1.58. The van der Waals surface area contributed by atoms with Gasteiger partial charge in [-0.3, -0.25) is 4.79 Å². The molecule has 0 spiro atoms. The van der Waals surface area contributed by atoms with Crippen LogP contribution in [0.25, 0.3) is 0 Å². The molecule has 0 radical (unpaired) electrons. The second-order valence-corrected chi connectivity index (χ2v) is 4.36. The number of carbonyl (C=O) groups is 1. The third-order valence-corrected chi connectivity index (χ3v) is 3.10. The Morgan fingerprint density at radius 2 is 2.44 bits per heavy atom. The summed E-state index contributed by atoms with van der Waals surface area (Å²) in [6.07, 6.45) is 2.77. The number of aromatic nitrogens is 2. The second-order valence-electron chi connectivity index (χ2n) is 4.36. The van der Waals surface area contributed by atoms with Crippen molar-refractivity contribution in [3.8, 4) is 0 Å². The molecule has 1 aliphatic rings. The van der Waals surface area contributed by atoms with E-state index in [1.807, 2.05) is 12.1 Å². The third-order valence-electron chi connectivity index (χ3n) is 3.10. The minimum atomic E-state index is -0.124. The van der Waals surface area contributed by atoms with Gasteiger partial charge in [0.05, 0.1) is 12.7 Å². The van der Waals surface area contributed by atoms with E-state index in [0.29, 0.717) is 17.6 Å². The van der Waals surface area contributed by atoms with Crippen LogP contribution in [0.1, 0.15) is 35.7 Å². The predicted molar refractivity (Wildman–Crippen MR) is 60.9 cm³/mol. The zero-order chi connectivity index (χ0) is 12.5. The molecule has 1 fully saturated rings. The highest BCUT2D eigenvalue weighted by Gasteiger charge is 2.45. The van der Waals surface area contributed by atoms with Crippen LogP contribution in [-0.2, 0) is 11.2 Å². The SMILES string of the molecule is CNC(=O)Cc1noc([C@@H]2C[C@@H]2c2ccco2)n1. The Morgan fingerprint density at radius 1 is 1.56 bits per heavy atom. The number of likely N-dealkylation sites (N-methyl/N-ethyl adjacent to an activating group) is 1. The van der Waals surface area contributed by atoms with Crippen molar-refractivity contribution in [3.63, 3.8) is 0 Å². The van der Waals surface area contributed by atoms with E-state index in [9.17, 15) is 4.79 Å². The number of carbonyl (C=O) groups excluding carboxylic acids is 1. The van der Waals surface area contributed by atoms with Crippen LogP contribution in [0.5, 0.6) is 0 Å². The Labute approximate surface area is 103 Å². The molecule has 1 N–H and O–H groups in total. The highest BCUT2D eigenvalue weighted by molar-refractivity contribution is 5.77. The molecule has 3 rings (SSSR count). The molecule has 0 aromatic carbocycles. The van der Waals surface area contributed by atoms with Crippen LogP contribution in [0, 0.1) is 0 Å². The zero-order valence-corrected chi connectivity index (χ0v) is 9.92. The third kappa shape index (κ3) is 2.01. The Bertz CT molecular complexity index is 547. The van der Waals surface area contributed by atoms with E-state index >= 15 is 0 Å². The lowest BCUT2D eigenvalue weighted by atomic mass is 10.2. The normalized spacial score (nSPS) is 21.8. The first-order chi connectivity index (χ1) is 8.78. The highest BCUT2D eigenvalue weighted by atomic mass is 16.5. The first-order valence-electron chi connectivity index (χ1n) is 5.84. The molecule has 1 amide bonds. The van der Waals surface area contributed by atoms with Gasteiger partial charge in [0, 0.05) is 18.9 Å². The van der Waals surface area contributed by atoms with Crippen molar-refractivity contribution in [1.29, 1.82) is 0 Å². The molecular formula is C12H13N3O3. The molecule has 0 unspecified atom stereocenters. The number of nitrogens with one attached hydrogen (secondary N) is 1. The maximum Gasteiger partial charge on any atom is 0.230 e. The summed E-state index contributed by atoms with van der Waals surface area (Å²) in [5.74, 6) is 2.40. The second kappa shape index (κ2) is 4.29. The van der Waals surface area contributed by atoms with Crippen molar-refractivity contribution in [2.45, 2.75) is 24.7 Å². The number of hydrogen-bond acceptors (Lipinski definition) is 5. The number of furan rings is 1. The highest BCUT2D eigenvalue weighted by Crippen LogP contribution is 2.54. The van der Waals surface area contributed by atoms with Crippen LogP contribution in [0.4, 0.5) is 0 Å². The predicted octanol–water partition coefficient (Wildman–Crippen LogP) is 1.22. The molecule has 1 aliphatic carbocycles. The van der Waals surface area contributed by atoms with Gasteiger partial charge in [0.25, 0.3) is 0 Å². The largest absolute Gasteiger partial charge is 0.469 e. The zero-order valence-electron chi connectivity index (χ0n) is 9.92. The first kappa shape index (κ1) is 11.0. The van der Waals surface area contributed by atoms with Gasteiger partial charge < -0.3 is 14.3 Å². The molecule has 2 aromatic rings. The fourth-order valence-electron chi connectivity index (χ4n) is 2.01. The van der Waals surface area contributed by atoms with E-state index in [2.05, 4.69) is 15.5 Å². The first-order valence-corrected chi connectivity index (χ1v) is 5.84. The Kier molecular flexibility index (Phi) is 2.62. The van der Waals surface area contributed by atoms with Gasteiger partial charge in [-0.2, -0.15) is 4.98 Å². The molecule has 0 aliphatic heterocycles. The summed E-state index contributed by atoms with van der Waals surface area (Å²) in [6, 6.07) is 3.82. The van der Waals surface area contributed by atoms with Crippen molar-refractivity contribution in [1.82, 2.24) is 15.5 Å². The van der Waals surface area contributed by atoms with Crippen LogP contribution < -0.4 is 5.32 Å². The fourth-order valence-corrected chi connectivity index (χ4v) is 2.01. The average molecular weight is 247 g/mol. The molecule has 6 nitrogen and oxygen atoms in total. The Hall–Kier alpha value is -2.11. The van der Waals surface area contributed by atoms with Crippen LogP contribution in [-0.4, -0.2) is 23.1 Å². The quantitative estimate of drug-likeness (QED) is 0.878. The maximum atomic E-state index is 11.2. The molecule has 2 aromatic heterocycles. The molecule has 6 heteroatoms. The summed E-state index contributed by atoms with van der Waals surface area (Å²) in [5.41, 5.74) is 0. The van der Waals surface area contributed by atoms with Gasteiger partial charge in [-0.25, -0.2) is 0 Å². The monoisotopic (exact) mass is 247 g/mol. The van der Waals surface area contributed by atoms with E-state index in [0.717, 1.165) is 12.2 Å². The van der Waals surface area contributed by atoms with Crippen LogP contribution in [0.2, 0.25) is 0 Å². The maximum absolute atomic E-state index is 11.2. The number of amides is 1. The van der Waals surface area contributed by atoms with Gasteiger partial charge in [0.15, 0.2) is 5.82 Å². The lowest BCUT2D eigenvalue weighted by Gasteiger charge is -1.92. The number of hydrogen-bond donors (Lipinski definition) is 1. The number of nitrogens with zero attached hydrogens (tertiary/aromatic N) is 2. The fraction of sp³-hybridized carbons (Fsp3) is 0.417. The standard InChI is InChI=1S/C12H13N3O3/c1-13-11(16)6-10-14-12(18-15-10)8-5-7(8)9-3-2-4-17-9/h2-4,7-8H,5-6H2,1H3,(H,13,16)/t7-,8+/m0/s1. The average Bonchev–Trinajstić information content (AvgIpc) is 2.83. The molecular weight excluding hydrogens is 234 g/mol. The molecule has 18 heavy (non-hydrogen) atoms. The van der Waals surface area contributed by atoms with Gasteiger partial charge in [0.2, 0.25) is 11.8 Å². The molecule has 0 saturated heterocycles. The summed E-state index contributed by atoms with van der Waals surface area (Å²) in [4.78, 5) is 15.4. The lowest BCUT2D eigenvalue weighted by molar-refractivity contribution is -0.120. The lowest BCUT2D eigenvalue weighted by Crippen LogP contribution is -2.20. The Balaban J connectivity index is 1.67. The van der Waals surface area contributed by atoms with E-state index in [1.54, 1.807) is 13.3 Å². The van der Waals surface area contributed by atoms with Crippen molar-refractivity contribution in [2.24, 2.45) is 0 Å². The van der Waals surface area contributed by atoms with Crippen LogP contribution in [0.15, 0.2) is 27.3 Å². The molecule has 2 heterocycles. The molecule has 94 valence electrons. The van der Waals surface area contributed by atoms with Gasteiger partial charge >= 0.3 is 0 Å². The number of rotatable bonds is 4. The van der Waals surface area contributed by atoms with Gasteiger partial charge in [-0.1, -0.05) is 5.16 Å². The molecule has 1 saturated carbocycles. The van der Waals surface area contributed by atoms with Gasteiger partial charge in [-0.05, 0) is 18.6 Å². The van der Waals surface area contributed by atoms with E-state index in [4.69, 9.17) is 8.94 Å². The molecule has 2 atom stereocenters. The topological polar surface area (TPSA) is 81.2 Å². The van der Waals surface area contributed by atoms with Crippen LogP contribution in [0.3, 0.4) is 0 Å². The summed E-state index contributed by atoms with van der Waals surface area (Å²) in [6.45, 7) is 0. The van der Waals surface area contributed by atoms with Crippen molar-refractivity contribution in [3.05, 3.63) is 35.9 Å². The smallest absolute Gasteiger partial charge is 0.230 e. The van der Waals surface area contributed by atoms with E-state index < -0.39 is 0 Å². The van der Waals surface area contributed by atoms with E-state index in [-0.39, 0.29) is 18.2 Å². The summed E-state index contributed by atoms with van der Waals surface area (Å²) >= 11 is 0.